The Morgan fingerprint density at radius 1 is 1.16 bits per heavy atom. The lowest BCUT2D eigenvalue weighted by molar-refractivity contribution is -0.159. The number of carbonyl (C=O) groups is 1. The van der Waals surface area contributed by atoms with E-state index in [-0.39, 0.29) is 23.9 Å². The van der Waals surface area contributed by atoms with Gasteiger partial charge in [-0.15, -0.1) is 0 Å². The summed E-state index contributed by atoms with van der Waals surface area (Å²) in [7, 11) is 0. The average molecular weight is 271 g/mol. The van der Waals surface area contributed by atoms with E-state index in [1.165, 1.54) is 12.1 Å². The summed E-state index contributed by atoms with van der Waals surface area (Å²) in [6, 6.07) is 5.01. The van der Waals surface area contributed by atoms with Crippen LogP contribution in [-0.4, -0.2) is 16.8 Å². The van der Waals surface area contributed by atoms with Gasteiger partial charge in [-0.25, -0.2) is 0 Å². The molecule has 1 saturated heterocycles. The van der Waals surface area contributed by atoms with Crippen LogP contribution in [0.15, 0.2) is 24.3 Å². The molecular weight excluding hydrogens is 255 g/mol. The van der Waals surface area contributed by atoms with Crippen molar-refractivity contribution in [3.8, 4) is 0 Å². The van der Waals surface area contributed by atoms with E-state index in [0.29, 0.717) is 0 Å². The SMILES string of the molecule is CC(C)N1C(=O)[C@@H](C)[C@@H]1c1ccc(C(F)(F)F)cc1. The van der Waals surface area contributed by atoms with Crippen LogP contribution in [-0.2, 0) is 11.0 Å². The third-order valence-corrected chi connectivity index (χ3v) is 3.55. The molecule has 0 unspecified atom stereocenters. The first-order chi connectivity index (χ1) is 8.73. The highest BCUT2D eigenvalue weighted by Gasteiger charge is 2.46. The number of β-lactam (4-membered cyclic amide) rings is 1. The maximum Gasteiger partial charge on any atom is 0.416 e. The van der Waals surface area contributed by atoms with Crippen molar-refractivity contribution < 1.29 is 18.0 Å². The summed E-state index contributed by atoms with van der Waals surface area (Å²) < 4.78 is 37.5. The quantitative estimate of drug-likeness (QED) is 0.752. The molecule has 1 aromatic rings. The second kappa shape index (κ2) is 4.54. The van der Waals surface area contributed by atoms with Gasteiger partial charge in [-0.05, 0) is 31.5 Å². The molecule has 2 nitrogen and oxygen atoms in total. The molecule has 0 aromatic heterocycles. The van der Waals surface area contributed by atoms with Gasteiger partial charge in [0.2, 0.25) is 5.91 Å². The number of alkyl halides is 3. The number of nitrogens with zero attached hydrogens (tertiary/aromatic N) is 1. The standard InChI is InChI=1S/C14H16F3NO/c1-8(2)18-12(9(3)13(18)19)10-4-6-11(7-5-10)14(15,16)17/h4-9,12H,1-3H3/t9-,12+/m0/s1. The number of rotatable bonds is 2. The Hall–Kier alpha value is -1.52. The third kappa shape index (κ3) is 2.33. The second-order valence-corrected chi connectivity index (χ2v) is 5.19. The van der Waals surface area contributed by atoms with E-state index < -0.39 is 11.7 Å². The van der Waals surface area contributed by atoms with Crippen molar-refractivity contribution in [1.82, 2.24) is 4.90 Å². The van der Waals surface area contributed by atoms with E-state index >= 15 is 0 Å². The first kappa shape index (κ1) is 13.9. The largest absolute Gasteiger partial charge is 0.416 e. The van der Waals surface area contributed by atoms with Crippen LogP contribution in [0.2, 0.25) is 0 Å². The van der Waals surface area contributed by atoms with Gasteiger partial charge in [0.25, 0.3) is 0 Å². The maximum atomic E-state index is 12.5. The molecule has 1 heterocycles. The van der Waals surface area contributed by atoms with E-state index in [0.717, 1.165) is 17.7 Å². The Bertz CT molecular complexity index is 478. The van der Waals surface area contributed by atoms with E-state index in [2.05, 4.69) is 0 Å². The van der Waals surface area contributed by atoms with Gasteiger partial charge in [-0.3, -0.25) is 4.79 Å². The first-order valence-electron chi connectivity index (χ1n) is 6.23. The summed E-state index contributed by atoms with van der Waals surface area (Å²) in [4.78, 5) is 13.5. The van der Waals surface area contributed by atoms with E-state index in [4.69, 9.17) is 0 Å². The van der Waals surface area contributed by atoms with E-state index in [1.54, 1.807) is 4.90 Å². The van der Waals surface area contributed by atoms with Crippen LogP contribution in [0.1, 0.15) is 37.9 Å². The van der Waals surface area contributed by atoms with E-state index in [1.807, 2.05) is 20.8 Å². The molecular formula is C14H16F3NO. The maximum absolute atomic E-state index is 12.5. The molecule has 1 aromatic carbocycles. The second-order valence-electron chi connectivity index (χ2n) is 5.19. The number of benzene rings is 1. The Balaban J connectivity index is 2.25. The van der Waals surface area contributed by atoms with Crippen LogP contribution >= 0.6 is 0 Å². The van der Waals surface area contributed by atoms with Crippen molar-refractivity contribution in [2.75, 3.05) is 0 Å². The minimum Gasteiger partial charge on any atom is -0.332 e. The summed E-state index contributed by atoms with van der Waals surface area (Å²) in [6.45, 7) is 5.62. The van der Waals surface area contributed by atoms with Crippen LogP contribution in [0, 0.1) is 5.92 Å². The summed E-state index contributed by atoms with van der Waals surface area (Å²) >= 11 is 0. The summed E-state index contributed by atoms with van der Waals surface area (Å²) in [5, 5.41) is 0. The van der Waals surface area contributed by atoms with Gasteiger partial charge in [-0.1, -0.05) is 19.1 Å². The fraction of sp³-hybridized carbons (Fsp3) is 0.500. The van der Waals surface area contributed by atoms with Crippen molar-refractivity contribution in [2.45, 2.75) is 39.0 Å². The van der Waals surface area contributed by atoms with Crippen molar-refractivity contribution in [2.24, 2.45) is 5.92 Å². The molecule has 1 amide bonds. The van der Waals surface area contributed by atoms with Crippen LogP contribution in [0.3, 0.4) is 0 Å². The first-order valence-corrected chi connectivity index (χ1v) is 6.23. The van der Waals surface area contributed by atoms with Gasteiger partial charge >= 0.3 is 6.18 Å². The normalized spacial score (nSPS) is 23.7. The number of hydrogen-bond acceptors (Lipinski definition) is 1. The molecule has 5 heteroatoms. The fourth-order valence-corrected chi connectivity index (χ4v) is 2.56. The third-order valence-electron chi connectivity index (χ3n) is 3.55. The molecule has 0 bridgehead atoms. The Morgan fingerprint density at radius 2 is 1.68 bits per heavy atom. The highest BCUT2D eigenvalue weighted by molar-refractivity contribution is 5.86. The predicted molar refractivity (Wildman–Crippen MR) is 65.3 cm³/mol. The molecule has 0 radical (unpaired) electrons. The Labute approximate surface area is 110 Å². The molecule has 2 atom stereocenters. The lowest BCUT2D eigenvalue weighted by atomic mass is 9.82. The molecule has 19 heavy (non-hydrogen) atoms. The molecule has 2 rings (SSSR count). The number of amides is 1. The van der Waals surface area contributed by atoms with Gasteiger partial charge in [-0.2, -0.15) is 13.2 Å². The topological polar surface area (TPSA) is 20.3 Å². The number of likely N-dealkylation sites (tertiary alicyclic amines) is 1. The number of halogens is 3. The summed E-state index contributed by atoms with van der Waals surface area (Å²) in [5.74, 6) is -0.112. The number of carbonyl (C=O) groups excluding carboxylic acids is 1. The molecule has 0 spiro atoms. The molecule has 1 aliphatic rings. The highest BCUT2D eigenvalue weighted by atomic mass is 19.4. The fourth-order valence-electron chi connectivity index (χ4n) is 2.56. The van der Waals surface area contributed by atoms with Crippen LogP contribution in [0.5, 0.6) is 0 Å². The van der Waals surface area contributed by atoms with Crippen molar-refractivity contribution in [3.63, 3.8) is 0 Å². The Morgan fingerprint density at radius 3 is 2.11 bits per heavy atom. The minimum absolute atomic E-state index is 0.0518. The van der Waals surface area contributed by atoms with Crippen LogP contribution < -0.4 is 0 Å². The van der Waals surface area contributed by atoms with Gasteiger partial charge in [0.1, 0.15) is 0 Å². The zero-order valence-corrected chi connectivity index (χ0v) is 11.0. The molecule has 0 saturated carbocycles. The summed E-state index contributed by atoms with van der Waals surface area (Å²) in [5.41, 5.74) is 0.0967. The van der Waals surface area contributed by atoms with Crippen molar-refractivity contribution in [3.05, 3.63) is 35.4 Å². The zero-order chi connectivity index (χ0) is 14.4. The molecule has 0 N–H and O–H groups in total. The highest BCUT2D eigenvalue weighted by Crippen LogP contribution is 2.41. The molecule has 1 aliphatic heterocycles. The molecule has 104 valence electrons. The minimum atomic E-state index is -4.32. The van der Waals surface area contributed by atoms with Gasteiger partial charge < -0.3 is 4.90 Å². The van der Waals surface area contributed by atoms with Crippen LogP contribution in [0.25, 0.3) is 0 Å². The lowest BCUT2D eigenvalue weighted by Gasteiger charge is -2.48. The number of hydrogen-bond donors (Lipinski definition) is 0. The van der Waals surface area contributed by atoms with Crippen LogP contribution in [0.4, 0.5) is 13.2 Å². The van der Waals surface area contributed by atoms with Gasteiger partial charge in [0, 0.05) is 6.04 Å². The van der Waals surface area contributed by atoms with Crippen molar-refractivity contribution in [1.29, 1.82) is 0 Å². The van der Waals surface area contributed by atoms with Gasteiger partial charge in [0.15, 0.2) is 0 Å². The summed E-state index contributed by atoms with van der Waals surface area (Å²) in [6.07, 6.45) is -4.32. The molecule has 0 aliphatic carbocycles. The molecule has 1 fully saturated rings. The van der Waals surface area contributed by atoms with Crippen molar-refractivity contribution >= 4 is 5.91 Å². The monoisotopic (exact) mass is 271 g/mol. The lowest BCUT2D eigenvalue weighted by Crippen LogP contribution is -2.56. The van der Waals surface area contributed by atoms with Gasteiger partial charge in [0.05, 0.1) is 17.5 Å². The van der Waals surface area contributed by atoms with E-state index in [9.17, 15) is 18.0 Å². The predicted octanol–water partition coefficient (Wildman–Crippen LogP) is 3.63. The Kier molecular flexibility index (Phi) is 3.32. The smallest absolute Gasteiger partial charge is 0.332 e. The average Bonchev–Trinajstić information content (AvgIpc) is 2.33. The zero-order valence-electron chi connectivity index (χ0n) is 11.0.